The number of nitrogens with zero attached hydrogens (tertiary/aromatic N) is 4. The number of aromatic nitrogens is 4. The van der Waals surface area contributed by atoms with E-state index < -0.39 is 0 Å². The summed E-state index contributed by atoms with van der Waals surface area (Å²) in [5.74, 6) is 2.57. The van der Waals surface area contributed by atoms with Gasteiger partial charge in [0, 0.05) is 38.5 Å². The van der Waals surface area contributed by atoms with Crippen LogP contribution in [0.2, 0.25) is 0 Å². The van der Waals surface area contributed by atoms with Crippen LogP contribution in [0.25, 0.3) is 55.5 Å². The average Bonchev–Trinajstić information content (AvgIpc) is 3.20. The molecule has 256 valence electrons. The van der Waals surface area contributed by atoms with Gasteiger partial charge in [-0.25, -0.2) is 19.9 Å². The zero-order valence-corrected chi connectivity index (χ0v) is 30.1. The normalized spacial score (nSPS) is 19.8. The first-order chi connectivity index (χ1) is 25.5. The molecule has 1 fully saturated rings. The smallest absolute Gasteiger partial charge is 0.160 e. The van der Waals surface area contributed by atoms with Crippen LogP contribution in [-0.4, -0.2) is 19.9 Å². The molecule has 3 aliphatic carbocycles. The van der Waals surface area contributed by atoms with Crippen LogP contribution in [0.5, 0.6) is 0 Å². The molecule has 0 saturated heterocycles. The Balaban J connectivity index is 1.09. The maximum absolute atomic E-state index is 5.20. The largest absolute Gasteiger partial charge is 0.228 e. The van der Waals surface area contributed by atoms with Crippen molar-refractivity contribution in [3.63, 3.8) is 0 Å². The summed E-state index contributed by atoms with van der Waals surface area (Å²) in [4.78, 5) is 20.4. The van der Waals surface area contributed by atoms with E-state index in [0.29, 0.717) is 11.8 Å². The molecule has 0 bridgehead atoms. The summed E-state index contributed by atoms with van der Waals surface area (Å²) in [6, 6.07) is 35.4. The Labute approximate surface area is 306 Å². The van der Waals surface area contributed by atoms with E-state index in [0.717, 1.165) is 92.8 Å². The molecule has 0 amide bonds. The third kappa shape index (κ3) is 6.00. The van der Waals surface area contributed by atoms with E-state index in [1.165, 1.54) is 30.4 Å². The summed E-state index contributed by atoms with van der Waals surface area (Å²) in [5.41, 5.74) is 11.1. The molecule has 2 aromatic heterocycles. The fourth-order valence-electron chi connectivity index (χ4n) is 8.62. The highest BCUT2D eigenvalue weighted by Crippen LogP contribution is 2.46. The predicted molar refractivity (Wildman–Crippen MR) is 216 cm³/mol. The number of fused-ring (bicyclic) bond motifs is 2. The Bertz CT molecular complexity index is 2240. The maximum atomic E-state index is 5.20. The predicted octanol–water partition coefficient (Wildman–Crippen LogP) is 12.1. The topological polar surface area (TPSA) is 51.6 Å². The molecule has 3 aliphatic rings. The van der Waals surface area contributed by atoms with Gasteiger partial charge in [-0.15, -0.1) is 0 Å². The molecule has 2 heterocycles. The van der Waals surface area contributed by atoms with Crippen molar-refractivity contribution < 1.29 is 0 Å². The third-order valence-corrected chi connectivity index (χ3v) is 11.4. The van der Waals surface area contributed by atoms with E-state index in [-0.39, 0.29) is 5.41 Å². The minimum atomic E-state index is -0.0329. The van der Waals surface area contributed by atoms with Crippen molar-refractivity contribution in [3.05, 3.63) is 156 Å². The van der Waals surface area contributed by atoms with Gasteiger partial charge in [-0.1, -0.05) is 154 Å². The SMILES string of the molecule is CC1C=C(c2nc(-c3ccc(C4(c5ccc(-c6nc(C7=CC(C)CC=C7)nc7ccccc67)cc5)CCCCC4)cc3)c3ccccc3n2)C=CC1. The molecule has 0 spiro atoms. The number of hydrogen-bond donors (Lipinski definition) is 0. The van der Waals surface area contributed by atoms with Crippen LogP contribution in [0.1, 0.15) is 81.6 Å². The van der Waals surface area contributed by atoms with Gasteiger partial charge in [0.05, 0.1) is 22.4 Å². The number of para-hydroxylation sites is 2. The van der Waals surface area contributed by atoms with Gasteiger partial charge >= 0.3 is 0 Å². The van der Waals surface area contributed by atoms with Crippen LogP contribution in [-0.2, 0) is 5.41 Å². The van der Waals surface area contributed by atoms with Gasteiger partial charge in [-0.05, 0) is 60.8 Å². The van der Waals surface area contributed by atoms with Crippen molar-refractivity contribution >= 4 is 33.0 Å². The minimum Gasteiger partial charge on any atom is -0.228 e. The fourth-order valence-corrected chi connectivity index (χ4v) is 8.62. The lowest BCUT2D eigenvalue weighted by Gasteiger charge is -2.39. The van der Waals surface area contributed by atoms with Gasteiger partial charge in [-0.2, -0.15) is 0 Å². The first-order valence-electron chi connectivity index (χ1n) is 19.1. The molecule has 6 aromatic rings. The van der Waals surface area contributed by atoms with E-state index in [4.69, 9.17) is 19.9 Å². The van der Waals surface area contributed by atoms with Crippen molar-refractivity contribution in [3.8, 4) is 22.5 Å². The Morgan fingerprint density at radius 1 is 0.500 bits per heavy atom. The average molecular weight is 677 g/mol. The third-order valence-electron chi connectivity index (χ3n) is 11.4. The number of allylic oxidation sites excluding steroid dienone is 8. The van der Waals surface area contributed by atoms with Gasteiger partial charge in [0.2, 0.25) is 0 Å². The Hall–Kier alpha value is -5.48. The highest BCUT2D eigenvalue weighted by molar-refractivity contribution is 5.95. The lowest BCUT2D eigenvalue weighted by atomic mass is 9.65. The summed E-state index contributed by atoms with van der Waals surface area (Å²) in [5, 5.41) is 2.17. The second kappa shape index (κ2) is 13.6. The highest BCUT2D eigenvalue weighted by atomic mass is 14.9. The molecule has 2 atom stereocenters. The Morgan fingerprint density at radius 2 is 0.942 bits per heavy atom. The summed E-state index contributed by atoms with van der Waals surface area (Å²) < 4.78 is 0. The molecular formula is C48H44N4. The van der Waals surface area contributed by atoms with Crippen LogP contribution >= 0.6 is 0 Å². The molecule has 9 rings (SSSR count). The molecule has 0 aliphatic heterocycles. The van der Waals surface area contributed by atoms with Crippen LogP contribution in [0.15, 0.2) is 134 Å². The second-order valence-electron chi connectivity index (χ2n) is 15.1. The molecule has 4 heteroatoms. The van der Waals surface area contributed by atoms with Crippen LogP contribution in [0.3, 0.4) is 0 Å². The summed E-state index contributed by atoms with van der Waals surface area (Å²) in [6.07, 6.45) is 21.6. The standard InChI is InChI=1S/C48H44N4/c1-32-12-10-14-36(30-32)46-49-42-18-6-4-16-40(42)44(51-46)34-20-24-38(25-21-34)48(28-8-3-9-29-48)39-26-22-35(23-27-39)45-41-17-5-7-19-43(41)50-47(52-45)37-15-11-13-33(2)31-37/h4-7,10-11,14-27,30-33H,3,8-9,12-13,28-29H2,1-2H3. The minimum absolute atomic E-state index is 0.0329. The number of rotatable bonds is 6. The molecule has 0 radical (unpaired) electrons. The van der Waals surface area contributed by atoms with E-state index >= 15 is 0 Å². The van der Waals surface area contributed by atoms with Gasteiger partial charge < -0.3 is 0 Å². The summed E-state index contributed by atoms with van der Waals surface area (Å²) in [6.45, 7) is 4.50. The molecule has 4 aromatic carbocycles. The van der Waals surface area contributed by atoms with Gasteiger partial charge in [0.15, 0.2) is 11.6 Å². The van der Waals surface area contributed by atoms with Gasteiger partial charge in [0.1, 0.15) is 0 Å². The number of hydrogen-bond acceptors (Lipinski definition) is 4. The molecule has 52 heavy (non-hydrogen) atoms. The maximum Gasteiger partial charge on any atom is 0.160 e. The van der Waals surface area contributed by atoms with E-state index in [9.17, 15) is 0 Å². The summed E-state index contributed by atoms with van der Waals surface area (Å²) in [7, 11) is 0. The zero-order chi connectivity index (χ0) is 35.1. The molecule has 1 saturated carbocycles. The number of benzene rings is 4. The van der Waals surface area contributed by atoms with Crippen LogP contribution < -0.4 is 0 Å². The van der Waals surface area contributed by atoms with E-state index in [1.807, 2.05) is 0 Å². The van der Waals surface area contributed by atoms with E-state index in [1.54, 1.807) is 0 Å². The second-order valence-corrected chi connectivity index (χ2v) is 15.1. The van der Waals surface area contributed by atoms with Crippen molar-refractivity contribution in [1.82, 2.24) is 19.9 Å². The zero-order valence-electron chi connectivity index (χ0n) is 30.1. The quantitative estimate of drug-likeness (QED) is 0.176. The van der Waals surface area contributed by atoms with Crippen LogP contribution in [0.4, 0.5) is 0 Å². The molecule has 2 unspecified atom stereocenters. The first kappa shape index (κ1) is 32.4. The molecule has 4 nitrogen and oxygen atoms in total. The van der Waals surface area contributed by atoms with Crippen molar-refractivity contribution in [2.24, 2.45) is 11.8 Å². The van der Waals surface area contributed by atoms with Crippen LogP contribution in [0, 0.1) is 11.8 Å². The van der Waals surface area contributed by atoms with Crippen molar-refractivity contribution in [2.45, 2.75) is 64.2 Å². The fraction of sp³-hybridized carbons (Fsp3) is 0.250. The lowest BCUT2D eigenvalue weighted by Crippen LogP contribution is -2.30. The van der Waals surface area contributed by atoms with Gasteiger partial charge in [0.25, 0.3) is 0 Å². The Morgan fingerprint density at radius 3 is 1.38 bits per heavy atom. The first-order valence-corrected chi connectivity index (χ1v) is 19.1. The van der Waals surface area contributed by atoms with Gasteiger partial charge in [-0.3, -0.25) is 0 Å². The monoisotopic (exact) mass is 676 g/mol. The van der Waals surface area contributed by atoms with E-state index in [2.05, 4.69) is 147 Å². The van der Waals surface area contributed by atoms with Crippen molar-refractivity contribution in [1.29, 1.82) is 0 Å². The Kier molecular flexibility index (Phi) is 8.47. The van der Waals surface area contributed by atoms with Crippen molar-refractivity contribution in [2.75, 3.05) is 0 Å². The summed E-state index contributed by atoms with van der Waals surface area (Å²) >= 11 is 0. The lowest BCUT2D eigenvalue weighted by molar-refractivity contribution is 0.346. The highest BCUT2D eigenvalue weighted by Gasteiger charge is 2.36. The molecular weight excluding hydrogens is 633 g/mol. The molecule has 0 N–H and O–H groups in total.